The number of benzene rings is 2. The molecule has 1 saturated heterocycles. The molecule has 228 valence electrons. The first kappa shape index (κ1) is 33.2. The van der Waals surface area contributed by atoms with Crippen LogP contribution in [-0.4, -0.2) is 42.0 Å². The van der Waals surface area contributed by atoms with Gasteiger partial charge in [-0.1, -0.05) is 66.7 Å². The Bertz CT molecular complexity index is 946. The van der Waals surface area contributed by atoms with E-state index in [9.17, 15) is 0 Å². The van der Waals surface area contributed by atoms with Crippen molar-refractivity contribution in [2.45, 2.75) is 112 Å². The van der Waals surface area contributed by atoms with Crippen LogP contribution < -0.4 is 20.4 Å². The molecule has 1 aliphatic heterocycles. The Morgan fingerprint density at radius 2 is 1.05 bits per heavy atom. The lowest BCUT2D eigenvalue weighted by molar-refractivity contribution is 0.270. The van der Waals surface area contributed by atoms with Gasteiger partial charge in [0.15, 0.2) is 5.11 Å². The minimum Gasteiger partial charge on any atom is -0.383 e. The fourth-order valence-corrected chi connectivity index (χ4v) is 6.26. The van der Waals surface area contributed by atoms with Crippen LogP contribution in [0.1, 0.15) is 99.8 Å². The van der Waals surface area contributed by atoms with Crippen molar-refractivity contribution < 1.29 is 0 Å². The monoisotopic (exact) mass is 579 g/mol. The van der Waals surface area contributed by atoms with Crippen LogP contribution in [0.5, 0.6) is 0 Å². The van der Waals surface area contributed by atoms with Gasteiger partial charge in [0.1, 0.15) is 0 Å². The van der Waals surface area contributed by atoms with Crippen molar-refractivity contribution in [3.63, 3.8) is 0 Å². The van der Waals surface area contributed by atoms with Crippen LogP contribution in [0.25, 0.3) is 0 Å². The van der Waals surface area contributed by atoms with E-state index < -0.39 is 0 Å². The fraction of sp³-hybridized carbons (Fsp3) is 0.629. The molecule has 2 atom stereocenters. The highest BCUT2D eigenvalue weighted by atomic mass is 32.1. The Morgan fingerprint density at radius 1 is 0.634 bits per heavy atom. The topological polar surface area (TPSA) is 33.8 Å². The van der Waals surface area contributed by atoms with Gasteiger partial charge in [0.25, 0.3) is 0 Å². The molecule has 1 aliphatic rings. The Hall–Kier alpha value is -2.31. The molecule has 0 radical (unpaired) electrons. The summed E-state index contributed by atoms with van der Waals surface area (Å²) in [6.45, 7) is 18.6. The lowest BCUT2D eigenvalue weighted by atomic mass is 10.1. The van der Waals surface area contributed by atoms with Gasteiger partial charge in [-0.15, -0.1) is 0 Å². The maximum Gasteiger partial charge on any atom is 0.182 e. The number of nitrogens with zero attached hydrogens (tertiary/aromatic N) is 3. The summed E-state index contributed by atoms with van der Waals surface area (Å²) < 4.78 is 0. The average molecular weight is 580 g/mol. The van der Waals surface area contributed by atoms with Gasteiger partial charge in [-0.25, -0.2) is 0 Å². The zero-order chi connectivity index (χ0) is 29.8. The van der Waals surface area contributed by atoms with Crippen LogP contribution in [0.3, 0.4) is 0 Å². The van der Waals surface area contributed by atoms with Gasteiger partial charge in [-0.3, -0.25) is 4.90 Å². The normalized spacial score (nSPS) is 16.0. The first-order valence-corrected chi connectivity index (χ1v) is 16.6. The smallest absolute Gasteiger partial charge is 0.182 e. The van der Waals surface area contributed by atoms with Crippen molar-refractivity contribution in [3.8, 4) is 0 Å². The summed E-state index contributed by atoms with van der Waals surface area (Å²) in [5, 5.41) is 8.18. The molecular formula is C35H57N5S. The molecule has 1 fully saturated rings. The molecule has 5 nitrogen and oxygen atoms in total. The molecule has 0 amide bonds. The predicted molar refractivity (Wildman–Crippen MR) is 185 cm³/mol. The quantitative estimate of drug-likeness (QED) is 0.143. The number of unbranched alkanes of at least 4 members (excludes halogenated alkanes) is 5. The second kappa shape index (κ2) is 17.0. The minimum absolute atomic E-state index is 0.450. The van der Waals surface area contributed by atoms with E-state index in [1.807, 2.05) is 0 Å². The first-order valence-electron chi connectivity index (χ1n) is 16.2. The van der Waals surface area contributed by atoms with Crippen molar-refractivity contribution in [2.24, 2.45) is 11.8 Å². The van der Waals surface area contributed by atoms with Gasteiger partial charge in [-0.2, -0.15) is 0 Å². The van der Waals surface area contributed by atoms with E-state index in [-0.39, 0.29) is 0 Å². The van der Waals surface area contributed by atoms with Crippen LogP contribution in [0.15, 0.2) is 48.5 Å². The summed E-state index contributed by atoms with van der Waals surface area (Å²) in [4.78, 5) is 7.14. The molecule has 1 heterocycles. The van der Waals surface area contributed by atoms with Crippen molar-refractivity contribution in [3.05, 3.63) is 48.5 Å². The molecule has 0 spiro atoms. The summed E-state index contributed by atoms with van der Waals surface area (Å²) >= 11 is 6.14. The molecule has 41 heavy (non-hydrogen) atoms. The van der Waals surface area contributed by atoms with Crippen molar-refractivity contribution in [1.82, 2.24) is 4.90 Å². The van der Waals surface area contributed by atoms with Gasteiger partial charge in [0.2, 0.25) is 0 Å². The maximum absolute atomic E-state index is 6.14. The second-order valence-corrected chi connectivity index (χ2v) is 13.4. The third-order valence-corrected chi connectivity index (χ3v) is 8.25. The summed E-state index contributed by atoms with van der Waals surface area (Å²) in [6.07, 6.45) is 10.2. The molecule has 0 saturated carbocycles. The fourth-order valence-electron chi connectivity index (χ4n) is 5.93. The summed E-state index contributed by atoms with van der Waals surface area (Å²) in [7, 11) is 0. The lowest BCUT2D eigenvalue weighted by Gasteiger charge is -2.44. The predicted octanol–water partition coefficient (Wildman–Crippen LogP) is 9.57. The Morgan fingerprint density at radius 3 is 1.46 bits per heavy atom. The lowest BCUT2D eigenvalue weighted by Crippen LogP contribution is -2.58. The largest absolute Gasteiger partial charge is 0.383 e. The number of anilines is 4. The SMILES string of the molecule is CCCCCCCCN1CN(c2ccc(NC(C)CC(C)C)cc2)C(=S)N(c2ccc(N[C@@H](C)CC(C)C)cc2)C1. The van der Waals surface area contributed by atoms with Crippen LogP contribution in [0.4, 0.5) is 22.7 Å². The van der Waals surface area contributed by atoms with E-state index in [0.29, 0.717) is 23.9 Å². The van der Waals surface area contributed by atoms with E-state index in [0.717, 1.165) is 49.2 Å². The number of rotatable bonds is 17. The molecule has 0 bridgehead atoms. The van der Waals surface area contributed by atoms with Crippen molar-refractivity contribution >= 4 is 40.1 Å². The van der Waals surface area contributed by atoms with E-state index in [2.05, 4.69) is 122 Å². The zero-order valence-electron chi connectivity index (χ0n) is 27.0. The average Bonchev–Trinajstić information content (AvgIpc) is 2.91. The van der Waals surface area contributed by atoms with Gasteiger partial charge >= 0.3 is 0 Å². The molecule has 3 rings (SSSR count). The third-order valence-electron chi connectivity index (χ3n) is 7.81. The third kappa shape index (κ3) is 11.1. The van der Waals surface area contributed by atoms with E-state index in [1.165, 1.54) is 49.9 Å². The van der Waals surface area contributed by atoms with Crippen LogP contribution >= 0.6 is 12.2 Å². The summed E-state index contributed by atoms with van der Waals surface area (Å²) in [6, 6.07) is 18.6. The standard InChI is InChI=1S/C35H57N5S/c1-8-9-10-11-12-13-22-38-25-39(33-18-14-31(15-19-33)36-29(6)23-27(2)3)35(41)40(26-38)34-20-16-32(17-21-34)37-30(7)24-28(4)5/h14-21,27-30,36-37H,8-13,22-26H2,1-7H3/t29-,30?/m0/s1. The first-order chi connectivity index (χ1) is 19.7. The van der Waals surface area contributed by atoms with E-state index >= 15 is 0 Å². The number of thiocarbonyl (C=S) groups is 1. The molecule has 2 aromatic carbocycles. The Labute approximate surface area is 257 Å². The number of hydrogen-bond donors (Lipinski definition) is 2. The maximum atomic E-state index is 6.14. The second-order valence-electron chi connectivity index (χ2n) is 13.0. The summed E-state index contributed by atoms with van der Waals surface area (Å²) in [5.41, 5.74) is 4.63. The molecule has 6 heteroatoms. The highest BCUT2D eigenvalue weighted by molar-refractivity contribution is 7.80. The van der Waals surface area contributed by atoms with Gasteiger partial charge < -0.3 is 20.4 Å². The number of hydrogen-bond acceptors (Lipinski definition) is 4. The van der Waals surface area contributed by atoms with E-state index in [1.54, 1.807) is 0 Å². The van der Waals surface area contributed by atoms with Gasteiger partial charge in [-0.05, 0) is 106 Å². The Balaban J connectivity index is 1.73. The van der Waals surface area contributed by atoms with Crippen molar-refractivity contribution in [2.75, 3.05) is 40.3 Å². The van der Waals surface area contributed by atoms with Crippen LogP contribution in [-0.2, 0) is 0 Å². The molecule has 2 N–H and O–H groups in total. The Kier molecular flexibility index (Phi) is 13.7. The zero-order valence-corrected chi connectivity index (χ0v) is 27.8. The molecule has 1 unspecified atom stereocenters. The van der Waals surface area contributed by atoms with Gasteiger partial charge in [0, 0.05) is 41.4 Å². The van der Waals surface area contributed by atoms with Crippen LogP contribution in [0, 0.1) is 11.8 Å². The molecule has 0 aliphatic carbocycles. The molecular weight excluding hydrogens is 522 g/mol. The molecule has 2 aromatic rings. The van der Waals surface area contributed by atoms with Crippen molar-refractivity contribution in [1.29, 1.82) is 0 Å². The number of nitrogens with one attached hydrogen (secondary N) is 2. The highest BCUT2D eigenvalue weighted by Crippen LogP contribution is 2.28. The van der Waals surface area contributed by atoms with Crippen LogP contribution in [0.2, 0.25) is 0 Å². The highest BCUT2D eigenvalue weighted by Gasteiger charge is 2.29. The minimum atomic E-state index is 0.450. The van der Waals surface area contributed by atoms with Gasteiger partial charge in [0.05, 0.1) is 13.3 Å². The molecule has 0 aromatic heterocycles. The summed E-state index contributed by atoms with van der Waals surface area (Å²) in [5.74, 6) is 1.36. The van der Waals surface area contributed by atoms with E-state index in [4.69, 9.17) is 12.2 Å².